The van der Waals surface area contributed by atoms with E-state index in [0.29, 0.717) is 12.4 Å². The van der Waals surface area contributed by atoms with Crippen LogP contribution < -0.4 is 5.32 Å². The molecular formula is C13H17N5O2. The lowest BCUT2D eigenvalue weighted by Crippen LogP contribution is -2.07. The zero-order valence-corrected chi connectivity index (χ0v) is 11.7. The minimum Gasteiger partial charge on any atom is -0.370 e. The highest BCUT2D eigenvalue weighted by molar-refractivity contribution is 5.52. The van der Waals surface area contributed by atoms with Gasteiger partial charge in [0.05, 0.1) is 10.6 Å². The predicted molar refractivity (Wildman–Crippen MR) is 76.3 cm³/mol. The molecule has 0 spiro atoms. The lowest BCUT2D eigenvalue weighted by molar-refractivity contribution is -0.384. The highest BCUT2D eigenvalue weighted by Crippen LogP contribution is 2.23. The second-order valence-electron chi connectivity index (χ2n) is 4.67. The smallest absolute Gasteiger partial charge is 0.313 e. The van der Waals surface area contributed by atoms with E-state index in [1.807, 2.05) is 26.8 Å². The Labute approximate surface area is 116 Å². The van der Waals surface area contributed by atoms with Crippen molar-refractivity contribution in [2.24, 2.45) is 0 Å². The molecule has 0 amide bonds. The Bertz CT molecular complexity index is 621. The van der Waals surface area contributed by atoms with Gasteiger partial charge in [-0.2, -0.15) is 5.10 Å². The summed E-state index contributed by atoms with van der Waals surface area (Å²) >= 11 is 0. The summed E-state index contributed by atoms with van der Waals surface area (Å²) < 4.78 is 1.45. The van der Waals surface area contributed by atoms with Crippen molar-refractivity contribution in [3.05, 3.63) is 40.2 Å². The lowest BCUT2D eigenvalue weighted by Gasteiger charge is -2.06. The van der Waals surface area contributed by atoms with E-state index in [1.165, 1.54) is 10.7 Å². The fourth-order valence-corrected chi connectivity index (χ4v) is 1.80. The van der Waals surface area contributed by atoms with E-state index in [2.05, 4.69) is 15.4 Å². The number of nitrogens with one attached hydrogen (secondary N) is 1. The van der Waals surface area contributed by atoms with Crippen molar-refractivity contribution in [1.29, 1.82) is 0 Å². The van der Waals surface area contributed by atoms with Crippen LogP contribution in [0, 0.1) is 10.1 Å². The van der Waals surface area contributed by atoms with Gasteiger partial charge in [0.15, 0.2) is 0 Å². The minimum absolute atomic E-state index is 0.0648. The van der Waals surface area contributed by atoms with Crippen molar-refractivity contribution in [1.82, 2.24) is 14.8 Å². The number of hydrogen-bond donors (Lipinski definition) is 1. The van der Waals surface area contributed by atoms with Gasteiger partial charge in [0, 0.05) is 18.8 Å². The molecule has 0 unspecified atom stereocenters. The van der Waals surface area contributed by atoms with Crippen molar-refractivity contribution in [2.75, 3.05) is 11.9 Å². The Kier molecular flexibility index (Phi) is 3.97. The third-order valence-electron chi connectivity index (χ3n) is 2.83. The summed E-state index contributed by atoms with van der Waals surface area (Å²) in [4.78, 5) is 14.9. The van der Waals surface area contributed by atoms with Crippen LogP contribution in [0.15, 0.2) is 24.4 Å². The summed E-state index contributed by atoms with van der Waals surface area (Å²) in [6, 6.07) is 4.88. The first kappa shape index (κ1) is 14.0. The normalized spacial score (nSPS) is 10.8. The standard InChI is InChI=1S/C13H17N5O2/c1-4-14-12-6-5-11(18(19)20)13(15-12)17-8-7-10(16-17)9(2)3/h5-9H,4H2,1-3H3,(H,14,15). The van der Waals surface area contributed by atoms with Gasteiger partial charge in [-0.25, -0.2) is 9.67 Å². The number of hydrogen-bond acceptors (Lipinski definition) is 5. The molecule has 2 heterocycles. The monoisotopic (exact) mass is 275 g/mol. The van der Waals surface area contributed by atoms with Gasteiger partial charge in [-0.15, -0.1) is 0 Å². The van der Waals surface area contributed by atoms with Crippen LogP contribution in [0.4, 0.5) is 11.5 Å². The van der Waals surface area contributed by atoms with Crippen LogP contribution in [0.25, 0.3) is 5.82 Å². The summed E-state index contributed by atoms with van der Waals surface area (Å²) in [5.41, 5.74) is 0.806. The topological polar surface area (TPSA) is 85.9 Å². The summed E-state index contributed by atoms with van der Waals surface area (Å²) in [5, 5.41) is 18.5. The van der Waals surface area contributed by atoms with Gasteiger partial charge in [0.2, 0.25) is 5.82 Å². The molecule has 0 atom stereocenters. The van der Waals surface area contributed by atoms with Gasteiger partial charge in [0.1, 0.15) is 5.82 Å². The SMILES string of the molecule is CCNc1ccc([N+](=O)[O-])c(-n2ccc(C(C)C)n2)n1. The van der Waals surface area contributed by atoms with Crippen LogP contribution in [0.2, 0.25) is 0 Å². The number of nitro groups is 1. The average molecular weight is 275 g/mol. The molecule has 20 heavy (non-hydrogen) atoms. The van der Waals surface area contributed by atoms with Crippen LogP contribution in [0.5, 0.6) is 0 Å². The maximum atomic E-state index is 11.1. The molecule has 2 aromatic rings. The van der Waals surface area contributed by atoms with Gasteiger partial charge in [-0.1, -0.05) is 13.8 Å². The Morgan fingerprint density at radius 1 is 1.40 bits per heavy atom. The summed E-state index contributed by atoms with van der Waals surface area (Å²) in [5.74, 6) is 1.07. The van der Waals surface area contributed by atoms with Crippen LogP contribution in [0.1, 0.15) is 32.4 Å². The maximum absolute atomic E-state index is 11.1. The Hall–Kier alpha value is -2.44. The van der Waals surface area contributed by atoms with E-state index in [1.54, 1.807) is 12.3 Å². The van der Waals surface area contributed by atoms with Crippen LogP contribution in [-0.4, -0.2) is 26.2 Å². The number of nitrogens with zero attached hydrogens (tertiary/aromatic N) is 4. The first-order valence-corrected chi connectivity index (χ1v) is 6.48. The second-order valence-corrected chi connectivity index (χ2v) is 4.67. The van der Waals surface area contributed by atoms with Crippen LogP contribution >= 0.6 is 0 Å². The largest absolute Gasteiger partial charge is 0.370 e. The lowest BCUT2D eigenvalue weighted by atomic mass is 10.1. The highest BCUT2D eigenvalue weighted by Gasteiger charge is 2.19. The molecule has 0 saturated carbocycles. The van der Waals surface area contributed by atoms with E-state index in [-0.39, 0.29) is 17.4 Å². The summed E-state index contributed by atoms with van der Waals surface area (Å²) in [7, 11) is 0. The fraction of sp³-hybridized carbons (Fsp3) is 0.385. The molecule has 0 aromatic carbocycles. The van der Waals surface area contributed by atoms with E-state index >= 15 is 0 Å². The third-order valence-corrected chi connectivity index (χ3v) is 2.83. The van der Waals surface area contributed by atoms with E-state index in [9.17, 15) is 10.1 Å². The van der Waals surface area contributed by atoms with Crippen molar-refractivity contribution in [2.45, 2.75) is 26.7 Å². The van der Waals surface area contributed by atoms with Crippen molar-refractivity contribution < 1.29 is 4.92 Å². The molecule has 0 aliphatic heterocycles. The quantitative estimate of drug-likeness (QED) is 0.669. The molecule has 0 aliphatic rings. The fourth-order valence-electron chi connectivity index (χ4n) is 1.80. The van der Waals surface area contributed by atoms with E-state index < -0.39 is 4.92 Å². The number of aromatic nitrogens is 3. The summed E-state index contributed by atoms with van der Waals surface area (Å²) in [6.45, 7) is 6.67. The van der Waals surface area contributed by atoms with E-state index in [4.69, 9.17) is 0 Å². The molecule has 0 radical (unpaired) electrons. The maximum Gasteiger partial charge on any atom is 0.313 e. The number of rotatable bonds is 5. The molecule has 106 valence electrons. The average Bonchev–Trinajstić information content (AvgIpc) is 2.88. The molecule has 7 heteroatoms. The van der Waals surface area contributed by atoms with Gasteiger partial charge < -0.3 is 5.32 Å². The van der Waals surface area contributed by atoms with Gasteiger partial charge in [-0.3, -0.25) is 10.1 Å². The van der Waals surface area contributed by atoms with Crippen molar-refractivity contribution in [3.8, 4) is 5.82 Å². The Morgan fingerprint density at radius 2 is 2.15 bits per heavy atom. The first-order chi connectivity index (χ1) is 9.52. The van der Waals surface area contributed by atoms with Gasteiger partial charge >= 0.3 is 5.69 Å². The zero-order chi connectivity index (χ0) is 14.7. The molecule has 0 aliphatic carbocycles. The molecule has 1 N–H and O–H groups in total. The van der Waals surface area contributed by atoms with Crippen molar-refractivity contribution >= 4 is 11.5 Å². The Morgan fingerprint density at radius 3 is 2.70 bits per heavy atom. The van der Waals surface area contributed by atoms with Crippen LogP contribution in [-0.2, 0) is 0 Å². The van der Waals surface area contributed by atoms with Gasteiger partial charge in [0.25, 0.3) is 0 Å². The molecule has 2 aromatic heterocycles. The molecule has 0 bridgehead atoms. The number of anilines is 1. The predicted octanol–water partition coefficient (Wildman–Crippen LogP) is 2.73. The first-order valence-electron chi connectivity index (χ1n) is 6.48. The van der Waals surface area contributed by atoms with Crippen LogP contribution in [0.3, 0.4) is 0 Å². The van der Waals surface area contributed by atoms with Crippen molar-refractivity contribution in [3.63, 3.8) is 0 Å². The van der Waals surface area contributed by atoms with E-state index in [0.717, 1.165) is 5.69 Å². The second kappa shape index (κ2) is 5.68. The molecule has 7 nitrogen and oxygen atoms in total. The Balaban J connectivity index is 2.50. The van der Waals surface area contributed by atoms with Gasteiger partial charge in [-0.05, 0) is 25.0 Å². The summed E-state index contributed by atoms with van der Waals surface area (Å²) in [6.07, 6.45) is 1.69. The molecular weight excluding hydrogens is 258 g/mol. The highest BCUT2D eigenvalue weighted by atomic mass is 16.6. The third kappa shape index (κ3) is 2.76. The minimum atomic E-state index is -0.450. The molecule has 2 rings (SSSR count). The molecule has 0 saturated heterocycles. The zero-order valence-electron chi connectivity index (χ0n) is 11.7. The molecule has 0 fully saturated rings. The number of pyridine rings is 1.